The third-order valence-corrected chi connectivity index (χ3v) is 9.79. The van der Waals surface area contributed by atoms with E-state index in [0.717, 1.165) is 83.5 Å². The Morgan fingerprint density at radius 1 is 0.588 bits per heavy atom. The van der Waals surface area contributed by atoms with E-state index >= 15 is 0 Å². The Kier molecular flexibility index (Phi) is 37.8. The minimum atomic E-state index is -0.785. The molecule has 1 amide bonds. The summed E-state index contributed by atoms with van der Waals surface area (Å²) in [5.74, 6) is -0.499. The van der Waals surface area contributed by atoms with Gasteiger partial charge in [0.2, 0.25) is 5.91 Å². The van der Waals surface area contributed by atoms with Crippen LogP contribution in [0.2, 0.25) is 0 Å². The quantitative estimate of drug-likeness (QED) is 0.0336. The number of carbonyl (C=O) groups excluding carboxylic acids is 2. The number of hydrogen-bond donors (Lipinski definition) is 3. The predicted molar refractivity (Wildman–Crippen MR) is 218 cm³/mol. The first-order chi connectivity index (χ1) is 25.0. The van der Waals surface area contributed by atoms with Crippen molar-refractivity contribution in [2.24, 2.45) is 0 Å². The summed E-state index contributed by atoms with van der Waals surface area (Å²) < 4.78 is 5.86. The number of esters is 1. The summed E-state index contributed by atoms with van der Waals surface area (Å²) in [6, 6.07) is -0.699. The van der Waals surface area contributed by atoms with Crippen LogP contribution in [0.5, 0.6) is 0 Å². The fraction of sp³-hybridized carbons (Fsp3) is 0.822. The lowest BCUT2D eigenvalue weighted by Crippen LogP contribution is -2.46. The Balaban J connectivity index is 4.54. The Hall–Kier alpha value is -1.92. The van der Waals surface area contributed by atoms with Crippen LogP contribution in [0, 0.1) is 0 Å². The van der Waals surface area contributed by atoms with Crippen molar-refractivity contribution >= 4 is 11.9 Å². The Morgan fingerprint density at radius 2 is 1.06 bits per heavy atom. The van der Waals surface area contributed by atoms with E-state index in [9.17, 15) is 19.8 Å². The average Bonchev–Trinajstić information content (AvgIpc) is 3.12. The summed E-state index contributed by atoms with van der Waals surface area (Å²) >= 11 is 0. The molecule has 0 aliphatic rings. The molecular weight excluding hydrogens is 634 g/mol. The van der Waals surface area contributed by atoms with Crippen molar-refractivity contribution in [3.05, 3.63) is 36.5 Å². The van der Waals surface area contributed by atoms with Crippen LogP contribution in [0.25, 0.3) is 0 Å². The third kappa shape index (κ3) is 34.9. The van der Waals surface area contributed by atoms with E-state index in [1.54, 1.807) is 0 Å². The molecule has 298 valence electrons. The number of hydrogen-bond acceptors (Lipinski definition) is 5. The van der Waals surface area contributed by atoms with Gasteiger partial charge in [-0.15, -0.1) is 0 Å². The SMILES string of the molecule is CC/C=C/C=C/C=C\CCCCCCCC(=O)OC(CCCCCCCCCC)CC(=O)NC(CO)C(O)CCCCCCCCCCCCC. The van der Waals surface area contributed by atoms with E-state index in [0.29, 0.717) is 19.3 Å². The molecule has 6 nitrogen and oxygen atoms in total. The van der Waals surface area contributed by atoms with Crippen LogP contribution in [-0.2, 0) is 14.3 Å². The maximum Gasteiger partial charge on any atom is 0.306 e. The molecular formula is C45H83NO5. The van der Waals surface area contributed by atoms with Gasteiger partial charge in [0, 0.05) is 6.42 Å². The number of rotatable bonds is 38. The van der Waals surface area contributed by atoms with Gasteiger partial charge in [0.1, 0.15) is 6.10 Å². The van der Waals surface area contributed by atoms with Crippen molar-refractivity contribution in [2.45, 2.75) is 232 Å². The molecule has 0 aliphatic carbocycles. The fourth-order valence-electron chi connectivity index (χ4n) is 6.49. The molecule has 0 radical (unpaired) electrons. The van der Waals surface area contributed by atoms with Crippen LogP contribution < -0.4 is 5.32 Å². The van der Waals surface area contributed by atoms with Crippen molar-refractivity contribution < 1.29 is 24.5 Å². The van der Waals surface area contributed by atoms with Crippen molar-refractivity contribution in [3.8, 4) is 0 Å². The Labute approximate surface area is 315 Å². The van der Waals surface area contributed by atoms with Gasteiger partial charge < -0.3 is 20.3 Å². The highest BCUT2D eigenvalue weighted by Gasteiger charge is 2.24. The smallest absolute Gasteiger partial charge is 0.306 e. The van der Waals surface area contributed by atoms with Gasteiger partial charge in [-0.2, -0.15) is 0 Å². The minimum absolute atomic E-state index is 0.0709. The molecule has 0 fully saturated rings. The van der Waals surface area contributed by atoms with Gasteiger partial charge in [-0.3, -0.25) is 9.59 Å². The fourth-order valence-corrected chi connectivity index (χ4v) is 6.49. The molecule has 0 bridgehead atoms. The number of unbranched alkanes of at least 4 members (excludes halogenated alkanes) is 22. The van der Waals surface area contributed by atoms with E-state index in [-0.39, 0.29) is 24.9 Å². The zero-order valence-corrected chi connectivity index (χ0v) is 33.7. The maximum atomic E-state index is 13.1. The highest BCUT2D eigenvalue weighted by Crippen LogP contribution is 2.17. The van der Waals surface area contributed by atoms with E-state index in [1.165, 1.54) is 83.5 Å². The molecule has 0 aromatic rings. The average molecular weight is 718 g/mol. The molecule has 0 spiro atoms. The first kappa shape index (κ1) is 49.1. The number of nitrogens with one attached hydrogen (secondary N) is 1. The molecule has 3 N–H and O–H groups in total. The van der Waals surface area contributed by atoms with Crippen LogP contribution in [0.1, 0.15) is 213 Å². The number of allylic oxidation sites excluding steroid dienone is 6. The molecule has 3 unspecified atom stereocenters. The second-order valence-electron chi connectivity index (χ2n) is 14.8. The van der Waals surface area contributed by atoms with Crippen LogP contribution in [0.4, 0.5) is 0 Å². The first-order valence-electron chi connectivity index (χ1n) is 21.7. The number of ether oxygens (including phenoxy) is 1. The van der Waals surface area contributed by atoms with Gasteiger partial charge in [-0.05, 0) is 44.9 Å². The van der Waals surface area contributed by atoms with Gasteiger partial charge in [0.25, 0.3) is 0 Å². The minimum Gasteiger partial charge on any atom is -0.462 e. The van der Waals surface area contributed by atoms with Crippen LogP contribution in [0.3, 0.4) is 0 Å². The molecule has 0 heterocycles. The third-order valence-electron chi connectivity index (χ3n) is 9.79. The van der Waals surface area contributed by atoms with Crippen LogP contribution in [-0.4, -0.2) is 46.9 Å². The van der Waals surface area contributed by atoms with Crippen molar-refractivity contribution in [2.75, 3.05) is 6.61 Å². The highest BCUT2D eigenvalue weighted by molar-refractivity contribution is 5.77. The number of carbonyl (C=O) groups is 2. The lowest BCUT2D eigenvalue weighted by molar-refractivity contribution is -0.151. The zero-order valence-electron chi connectivity index (χ0n) is 33.7. The molecule has 51 heavy (non-hydrogen) atoms. The summed E-state index contributed by atoms with van der Waals surface area (Å²) in [5, 5.41) is 23.5. The normalized spacial score (nSPS) is 13.7. The second kappa shape index (κ2) is 39.3. The van der Waals surface area contributed by atoms with Gasteiger partial charge in [0.15, 0.2) is 0 Å². The van der Waals surface area contributed by atoms with Crippen molar-refractivity contribution in [1.82, 2.24) is 5.32 Å². The molecule has 0 rings (SSSR count). The Bertz CT molecular complexity index is 854. The summed E-state index contributed by atoms with van der Waals surface area (Å²) in [6.45, 7) is 6.30. The monoisotopic (exact) mass is 718 g/mol. The molecule has 3 atom stereocenters. The van der Waals surface area contributed by atoms with E-state index in [1.807, 2.05) is 0 Å². The predicted octanol–water partition coefficient (Wildman–Crippen LogP) is 12.2. The lowest BCUT2D eigenvalue weighted by Gasteiger charge is -2.24. The van der Waals surface area contributed by atoms with Crippen molar-refractivity contribution in [1.29, 1.82) is 0 Å². The summed E-state index contributed by atoms with van der Waals surface area (Å²) in [7, 11) is 0. The molecule has 6 heteroatoms. The van der Waals surface area contributed by atoms with Crippen LogP contribution in [0.15, 0.2) is 36.5 Å². The van der Waals surface area contributed by atoms with Gasteiger partial charge in [-0.1, -0.05) is 192 Å². The molecule has 0 saturated heterocycles. The molecule has 0 saturated carbocycles. The standard InChI is InChI=1S/C45H83NO5/c1-4-7-10-13-16-19-21-22-24-26-29-32-35-38-45(50)51-41(36-33-30-27-18-15-12-9-6-3)39-44(49)46-42(40-47)43(48)37-34-31-28-25-23-20-17-14-11-8-5-2/h7,10,13,16,19,21,41-43,47-48H,4-6,8-9,11-12,14-15,17-18,20,22-40H2,1-3H3,(H,46,49)/b10-7+,16-13+,21-19-. The highest BCUT2D eigenvalue weighted by atomic mass is 16.5. The van der Waals surface area contributed by atoms with Crippen molar-refractivity contribution in [3.63, 3.8) is 0 Å². The van der Waals surface area contributed by atoms with Crippen LogP contribution >= 0.6 is 0 Å². The number of aliphatic hydroxyl groups is 2. The largest absolute Gasteiger partial charge is 0.462 e. The summed E-state index contributed by atoms with van der Waals surface area (Å²) in [6.07, 6.45) is 43.5. The first-order valence-corrected chi connectivity index (χ1v) is 21.7. The molecule has 0 aliphatic heterocycles. The van der Waals surface area contributed by atoms with E-state index in [2.05, 4.69) is 62.5 Å². The van der Waals surface area contributed by atoms with E-state index < -0.39 is 18.2 Å². The second-order valence-corrected chi connectivity index (χ2v) is 14.8. The number of amides is 1. The zero-order chi connectivity index (χ0) is 37.5. The molecule has 0 aromatic heterocycles. The topological polar surface area (TPSA) is 95.9 Å². The van der Waals surface area contributed by atoms with Gasteiger partial charge >= 0.3 is 5.97 Å². The van der Waals surface area contributed by atoms with Gasteiger partial charge in [0.05, 0.1) is 25.2 Å². The summed E-state index contributed by atoms with van der Waals surface area (Å²) in [4.78, 5) is 25.8. The lowest BCUT2D eigenvalue weighted by atomic mass is 10.0. The molecule has 0 aromatic carbocycles. The maximum absolute atomic E-state index is 13.1. The number of aliphatic hydroxyl groups excluding tert-OH is 2. The van der Waals surface area contributed by atoms with E-state index in [4.69, 9.17) is 4.74 Å². The Morgan fingerprint density at radius 3 is 1.59 bits per heavy atom. The van der Waals surface area contributed by atoms with Gasteiger partial charge in [-0.25, -0.2) is 0 Å². The summed E-state index contributed by atoms with van der Waals surface area (Å²) in [5.41, 5.74) is 0.